The van der Waals surface area contributed by atoms with Crippen molar-refractivity contribution in [3.05, 3.63) is 34.1 Å². The van der Waals surface area contributed by atoms with Gasteiger partial charge in [0.15, 0.2) is 0 Å². The largest absolute Gasteiger partial charge is 0.395 e. The van der Waals surface area contributed by atoms with E-state index in [0.717, 1.165) is 17.6 Å². The molecule has 4 nitrogen and oxygen atoms in total. The molecule has 1 aromatic carbocycles. The highest BCUT2D eigenvalue weighted by molar-refractivity contribution is 9.10. The zero-order valence-corrected chi connectivity index (χ0v) is 12.8. The highest BCUT2D eigenvalue weighted by Crippen LogP contribution is 2.17. The fourth-order valence-electron chi connectivity index (χ4n) is 2.32. The van der Waals surface area contributed by atoms with E-state index < -0.39 is 0 Å². The van der Waals surface area contributed by atoms with Crippen LogP contribution in [0.1, 0.15) is 5.56 Å². The van der Waals surface area contributed by atoms with E-state index in [2.05, 4.69) is 20.8 Å². The lowest BCUT2D eigenvalue weighted by molar-refractivity contribution is -0.132. The molecule has 1 heterocycles. The van der Waals surface area contributed by atoms with Gasteiger partial charge in [0.05, 0.1) is 13.0 Å². The Bertz CT molecular complexity index is 476. The third-order valence-electron chi connectivity index (χ3n) is 3.49. The zero-order chi connectivity index (χ0) is 14.5. The average molecular weight is 345 g/mol. The summed E-state index contributed by atoms with van der Waals surface area (Å²) in [6.07, 6.45) is 0.0886. The first-order valence-electron chi connectivity index (χ1n) is 6.65. The van der Waals surface area contributed by atoms with Gasteiger partial charge in [-0.1, -0.05) is 15.9 Å². The van der Waals surface area contributed by atoms with Crippen molar-refractivity contribution in [3.8, 4) is 0 Å². The van der Waals surface area contributed by atoms with E-state index in [4.69, 9.17) is 5.11 Å². The first kappa shape index (κ1) is 15.4. The van der Waals surface area contributed by atoms with Gasteiger partial charge in [-0.15, -0.1) is 0 Å². The number of hydrogen-bond donors (Lipinski definition) is 1. The standard InChI is InChI=1S/C14H18BrFN2O2/c15-12-1-2-13(16)11(9-12)10-14(20)18-5-3-17(4-6-18)7-8-19/h1-2,9,19H,3-8,10H2. The number of amides is 1. The minimum atomic E-state index is -0.347. The molecule has 0 radical (unpaired) electrons. The van der Waals surface area contributed by atoms with Crippen LogP contribution in [0.5, 0.6) is 0 Å². The molecular weight excluding hydrogens is 327 g/mol. The van der Waals surface area contributed by atoms with Crippen LogP contribution in [0.2, 0.25) is 0 Å². The van der Waals surface area contributed by atoms with Gasteiger partial charge < -0.3 is 10.0 Å². The number of rotatable bonds is 4. The van der Waals surface area contributed by atoms with Gasteiger partial charge in [0, 0.05) is 37.2 Å². The van der Waals surface area contributed by atoms with E-state index in [1.807, 2.05) is 0 Å². The zero-order valence-electron chi connectivity index (χ0n) is 11.2. The van der Waals surface area contributed by atoms with Crippen LogP contribution in [-0.4, -0.2) is 60.1 Å². The molecule has 2 rings (SSSR count). The van der Waals surface area contributed by atoms with E-state index in [0.29, 0.717) is 25.2 Å². The van der Waals surface area contributed by atoms with Crippen LogP contribution in [0.4, 0.5) is 4.39 Å². The summed E-state index contributed by atoms with van der Waals surface area (Å²) in [5.74, 6) is -0.397. The maximum absolute atomic E-state index is 13.6. The van der Waals surface area contributed by atoms with Gasteiger partial charge in [-0.05, 0) is 23.8 Å². The van der Waals surface area contributed by atoms with Crippen LogP contribution in [0.15, 0.2) is 22.7 Å². The number of aliphatic hydroxyl groups is 1. The summed E-state index contributed by atoms with van der Waals surface area (Å²) in [6.45, 7) is 3.56. The summed E-state index contributed by atoms with van der Waals surface area (Å²) in [6, 6.07) is 4.64. The van der Waals surface area contributed by atoms with E-state index in [9.17, 15) is 9.18 Å². The number of nitrogens with zero attached hydrogens (tertiary/aromatic N) is 2. The monoisotopic (exact) mass is 344 g/mol. The second-order valence-electron chi connectivity index (χ2n) is 4.86. The number of piperazine rings is 1. The molecule has 20 heavy (non-hydrogen) atoms. The van der Waals surface area contributed by atoms with Crippen molar-refractivity contribution in [2.45, 2.75) is 6.42 Å². The van der Waals surface area contributed by atoms with E-state index in [1.165, 1.54) is 6.07 Å². The van der Waals surface area contributed by atoms with Crippen molar-refractivity contribution in [1.29, 1.82) is 0 Å². The second-order valence-corrected chi connectivity index (χ2v) is 5.77. The molecule has 0 bridgehead atoms. The van der Waals surface area contributed by atoms with E-state index >= 15 is 0 Å². The highest BCUT2D eigenvalue weighted by Gasteiger charge is 2.21. The second kappa shape index (κ2) is 7.15. The van der Waals surface area contributed by atoms with Crippen LogP contribution in [0.3, 0.4) is 0 Å². The molecule has 1 amide bonds. The first-order chi connectivity index (χ1) is 9.60. The molecule has 1 aromatic rings. The first-order valence-corrected chi connectivity index (χ1v) is 7.44. The van der Waals surface area contributed by atoms with Crippen molar-refractivity contribution in [1.82, 2.24) is 9.80 Å². The van der Waals surface area contributed by atoms with Gasteiger partial charge in [0.1, 0.15) is 5.82 Å². The maximum Gasteiger partial charge on any atom is 0.227 e. The quantitative estimate of drug-likeness (QED) is 0.894. The minimum absolute atomic E-state index is 0.0503. The Morgan fingerprint density at radius 1 is 1.30 bits per heavy atom. The van der Waals surface area contributed by atoms with Gasteiger partial charge in [-0.3, -0.25) is 9.69 Å². The molecule has 110 valence electrons. The van der Waals surface area contributed by atoms with Gasteiger partial charge in [-0.25, -0.2) is 4.39 Å². The summed E-state index contributed by atoms with van der Waals surface area (Å²) >= 11 is 3.29. The topological polar surface area (TPSA) is 43.8 Å². The van der Waals surface area contributed by atoms with E-state index in [-0.39, 0.29) is 24.8 Å². The molecule has 0 saturated carbocycles. The predicted octanol–water partition coefficient (Wildman–Crippen LogP) is 1.27. The predicted molar refractivity (Wildman–Crippen MR) is 77.9 cm³/mol. The third kappa shape index (κ3) is 4.01. The fourth-order valence-corrected chi connectivity index (χ4v) is 2.72. The van der Waals surface area contributed by atoms with Gasteiger partial charge in [-0.2, -0.15) is 0 Å². The Morgan fingerprint density at radius 3 is 2.65 bits per heavy atom. The molecule has 1 fully saturated rings. The van der Waals surface area contributed by atoms with Gasteiger partial charge in [0.25, 0.3) is 0 Å². The molecule has 0 spiro atoms. The van der Waals surface area contributed by atoms with Crippen LogP contribution in [0, 0.1) is 5.82 Å². The minimum Gasteiger partial charge on any atom is -0.395 e. The Balaban J connectivity index is 1.91. The summed E-state index contributed by atoms with van der Waals surface area (Å²) in [4.78, 5) is 16.0. The summed E-state index contributed by atoms with van der Waals surface area (Å²) in [7, 11) is 0. The van der Waals surface area contributed by atoms with Crippen molar-refractivity contribution in [2.24, 2.45) is 0 Å². The number of carbonyl (C=O) groups is 1. The van der Waals surface area contributed by atoms with Crippen LogP contribution in [-0.2, 0) is 11.2 Å². The summed E-state index contributed by atoms with van der Waals surface area (Å²) < 4.78 is 14.4. The number of carbonyl (C=O) groups excluding carboxylic acids is 1. The number of halogens is 2. The Morgan fingerprint density at radius 2 is 2.00 bits per heavy atom. The van der Waals surface area contributed by atoms with Crippen molar-refractivity contribution >= 4 is 21.8 Å². The molecule has 1 saturated heterocycles. The average Bonchev–Trinajstić information content (AvgIpc) is 2.44. The normalized spacial score (nSPS) is 16.4. The van der Waals surface area contributed by atoms with Crippen LogP contribution >= 0.6 is 15.9 Å². The molecular formula is C14H18BrFN2O2. The molecule has 0 atom stereocenters. The molecule has 1 aliphatic rings. The molecule has 0 aromatic heterocycles. The number of hydrogen-bond acceptors (Lipinski definition) is 3. The number of β-amino-alcohol motifs (C(OH)–C–C–N with tert-alkyl or cyclic N) is 1. The SMILES string of the molecule is O=C(Cc1cc(Br)ccc1F)N1CCN(CCO)CC1. The Labute approximate surface area is 126 Å². The van der Waals surface area contributed by atoms with Crippen molar-refractivity contribution < 1.29 is 14.3 Å². The van der Waals surface area contributed by atoms with Crippen LogP contribution in [0.25, 0.3) is 0 Å². The van der Waals surface area contributed by atoms with Crippen LogP contribution < -0.4 is 0 Å². The molecule has 0 unspecified atom stereocenters. The lowest BCUT2D eigenvalue weighted by Gasteiger charge is -2.34. The Kier molecular flexibility index (Phi) is 5.51. The number of benzene rings is 1. The van der Waals surface area contributed by atoms with Crippen molar-refractivity contribution in [2.75, 3.05) is 39.3 Å². The smallest absolute Gasteiger partial charge is 0.227 e. The lowest BCUT2D eigenvalue weighted by atomic mass is 10.1. The summed E-state index contributed by atoms with van der Waals surface area (Å²) in [5.41, 5.74) is 0.419. The molecule has 6 heteroatoms. The molecule has 0 aliphatic carbocycles. The number of aliphatic hydroxyl groups excluding tert-OH is 1. The Hall–Kier alpha value is -0.980. The lowest BCUT2D eigenvalue weighted by Crippen LogP contribution is -2.49. The van der Waals surface area contributed by atoms with E-state index in [1.54, 1.807) is 17.0 Å². The van der Waals surface area contributed by atoms with Crippen molar-refractivity contribution in [3.63, 3.8) is 0 Å². The third-order valence-corrected chi connectivity index (χ3v) is 3.98. The van der Waals surface area contributed by atoms with Gasteiger partial charge >= 0.3 is 0 Å². The molecule has 1 aliphatic heterocycles. The maximum atomic E-state index is 13.6. The van der Waals surface area contributed by atoms with Gasteiger partial charge in [0.2, 0.25) is 5.91 Å². The fraction of sp³-hybridized carbons (Fsp3) is 0.500. The highest BCUT2D eigenvalue weighted by atomic mass is 79.9. The molecule has 1 N–H and O–H groups in total. The summed E-state index contributed by atoms with van der Waals surface area (Å²) in [5, 5.41) is 8.88.